The third-order valence-corrected chi connectivity index (χ3v) is 3.93. The molecule has 0 amide bonds. The van der Waals surface area contributed by atoms with E-state index in [1.54, 1.807) is 12.1 Å². The Kier molecular flexibility index (Phi) is 5.43. The van der Waals surface area contributed by atoms with Gasteiger partial charge in [0.2, 0.25) is 0 Å². The van der Waals surface area contributed by atoms with Crippen LogP contribution in [-0.4, -0.2) is 11.8 Å². The number of rotatable bonds is 6. The predicted octanol–water partition coefficient (Wildman–Crippen LogP) is 3.88. The average Bonchev–Trinajstić information content (AvgIpc) is 2.40. The number of thioether (sulfide) groups is 1. The minimum absolute atomic E-state index is 0.0815. The molecule has 1 unspecified atom stereocenters. The fourth-order valence-electron chi connectivity index (χ4n) is 1.91. The Hall–Kier alpha value is -1.32. The van der Waals surface area contributed by atoms with Crippen LogP contribution < -0.4 is 5.73 Å². The van der Waals surface area contributed by atoms with Crippen molar-refractivity contribution in [3.63, 3.8) is 0 Å². The minimum Gasteiger partial charge on any atom is -0.327 e. The van der Waals surface area contributed by atoms with E-state index in [4.69, 9.17) is 5.73 Å². The van der Waals surface area contributed by atoms with E-state index in [1.165, 1.54) is 11.0 Å². The highest BCUT2D eigenvalue weighted by Gasteiger charge is 2.05. The molecule has 2 rings (SSSR count). The summed E-state index contributed by atoms with van der Waals surface area (Å²) in [6.07, 6.45) is 1.66. The van der Waals surface area contributed by atoms with Crippen molar-refractivity contribution in [2.24, 2.45) is 5.73 Å². The quantitative estimate of drug-likeness (QED) is 0.810. The van der Waals surface area contributed by atoms with Crippen LogP contribution in [0, 0.1) is 5.82 Å². The molecule has 2 aromatic carbocycles. The number of halogens is 1. The smallest absolute Gasteiger partial charge is 0.123 e. The van der Waals surface area contributed by atoms with E-state index in [9.17, 15) is 4.39 Å². The average molecular weight is 275 g/mol. The standard InChI is InChI=1S/C16H18FNS/c17-14-6-4-5-13(11-14)12-15(18)9-10-19-16-7-2-1-3-8-16/h1-8,11,15H,9-10,12,18H2. The first-order valence-corrected chi connectivity index (χ1v) is 7.40. The molecule has 0 heterocycles. The van der Waals surface area contributed by atoms with Gasteiger partial charge in [-0.2, -0.15) is 0 Å². The monoisotopic (exact) mass is 275 g/mol. The van der Waals surface area contributed by atoms with Crippen molar-refractivity contribution in [3.05, 3.63) is 66.0 Å². The van der Waals surface area contributed by atoms with Gasteiger partial charge in [-0.15, -0.1) is 11.8 Å². The van der Waals surface area contributed by atoms with Crippen molar-refractivity contribution in [2.45, 2.75) is 23.8 Å². The van der Waals surface area contributed by atoms with Crippen molar-refractivity contribution in [3.8, 4) is 0 Å². The maximum Gasteiger partial charge on any atom is 0.123 e. The molecule has 2 N–H and O–H groups in total. The van der Waals surface area contributed by atoms with Crippen LogP contribution in [0.2, 0.25) is 0 Å². The summed E-state index contributed by atoms with van der Waals surface area (Å²) in [4.78, 5) is 1.26. The number of nitrogens with two attached hydrogens (primary N) is 1. The summed E-state index contributed by atoms with van der Waals surface area (Å²) < 4.78 is 13.0. The van der Waals surface area contributed by atoms with E-state index in [-0.39, 0.29) is 11.9 Å². The maximum absolute atomic E-state index is 13.0. The Labute approximate surface area is 118 Å². The second-order valence-corrected chi connectivity index (χ2v) is 5.71. The molecule has 0 aromatic heterocycles. The molecule has 0 bridgehead atoms. The third kappa shape index (κ3) is 5.05. The second kappa shape index (κ2) is 7.31. The van der Waals surface area contributed by atoms with Gasteiger partial charge in [0, 0.05) is 10.9 Å². The summed E-state index contributed by atoms with van der Waals surface area (Å²) in [6.45, 7) is 0. The number of hydrogen-bond donors (Lipinski definition) is 1. The maximum atomic E-state index is 13.0. The van der Waals surface area contributed by atoms with Crippen molar-refractivity contribution in [1.82, 2.24) is 0 Å². The molecular formula is C16H18FNS. The largest absolute Gasteiger partial charge is 0.327 e. The van der Waals surface area contributed by atoms with Crippen LogP contribution in [0.15, 0.2) is 59.5 Å². The third-order valence-electron chi connectivity index (χ3n) is 2.89. The molecule has 19 heavy (non-hydrogen) atoms. The summed E-state index contributed by atoms with van der Waals surface area (Å²) >= 11 is 1.81. The fraction of sp³-hybridized carbons (Fsp3) is 0.250. The van der Waals surface area contributed by atoms with Gasteiger partial charge in [-0.25, -0.2) is 4.39 Å². The van der Waals surface area contributed by atoms with Gasteiger partial charge in [0.1, 0.15) is 5.82 Å². The van der Waals surface area contributed by atoms with Crippen LogP contribution in [0.5, 0.6) is 0 Å². The molecular weight excluding hydrogens is 257 g/mol. The van der Waals surface area contributed by atoms with Crippen molar-refractivity contribution >= 4 is 11.8 Å². The molecule has 2 aromatic rings. The Morgan fingerprint density at radius 1 is 1.05 bits per heavy atom. The second-order valence-electron chi connectivity index (χ2n) is 4.54. The van der Waals surface area contributed by atoms with Gasteiger partial charge in [0.25, 0.3) is 0 Å². The van der Waals surface area contributed by atoms with Crippen molar-refractivity contribution < 1.29 is 4.39 Å². The van der Waals surface area contributed by atoms with E-state index in [1.807, 2.05) is 36.0 Å². The van der Waals surface area contributed by atoms with Gasteiger partial charge in [-0.3, -0.25) is 0 Å². The molecule has 0 fully saturated rings. The van der Waals surface area contributed by atoms with Gasteiger partial charge >= 0.3 is 0 Å². The molecule has 0 aliphatic heterocycles. The summed E-state index contributed by atoms with van der Waals surface area (Å²) in [5, 5.41) is 0. The van der Waals surface area contributed by atoms with Crippen LogP contribution >= 0.6 is 11.8 Å². The zero-order valence-corrected chi connectivity index (χ0v) is 11.6. The lowest BCUT2D eigenvalue weighted by atomic mass is 10.0. The highest BCUT2D eigenvalue weighted by molar-refractivity contribution is 7.99. The first-order valence-electron chi connectivity index (χ1n) is 6.42. The molecule has 0 spiro atoms. The Morgan fingerprint density at radius 3 is 2.58 bits per heavy atom. The first-order chi connectivity index (χ1) is 9.24. The lowest BCUT2D eigenvalue weighted by molar-refractivity contribution is 0.616. The summed E-state index contributed by atoms with van der Waals surface area (Å²) in [6, 6.07) is 17.0. The van der Waals surface area contributed by atoms with E-state index in [0.29, 0.717) is 0 Å². The van der Waals surface area contributed by atoms with E-state index in [2.05, 4.69) is 12.1 Å². The SMILES string of the molecule is NC(CCSc1ccccc1)Cc1cccc(F)c1. The van der Waals surface area contributed by atoms with E-state index < -0.39 is 0 Å². The highest BCUT2D eigenvalue weighted by Crippen LogP contribution is 2.18. The number of benzene rings is 2. The predicted molar refractivity (Wildman–Crippen MR) is 79.9 cm³/mol. The summed E-state index contributed by atoms with van der Waals surface area (Å²) in [7, 11) is 0. The van der Waals surface area contributed by atoms with Crippen LogP contribution in [0.1, 0.15) is 12.0 Å². The first kappa shape index (κ1) is 14.1. The minimum atomic E-state index is -0.191. The van der Waals surface area contributed by atoms with Gasteiger partial charge in [-0.1, -0.05) is 30.3 Å². The molecule has 1 nitrogen and oxygen atoms in total. The Balaban J connectivity index is 1.74. The molecule has 100 valence electrons. The molecule has 3 heteroatoms. The zero-order chi connectivity index (χ0) is 13.5. The molecule has 0 saturated heterocycles. The van der Waals surface area contributed by atoms with Gasteiger partial charge in [0.05, 0.1) is 0 Å². The van der Waals surface area contributed by atoms with Crippen LogP contribution in [0.4, 0.5) is 4.39 Å². The normalized spacial score (nSPS) is 12.3. The van der Waals surface area contributed by atoms with Gasteiger partial charge in [-0.05, 0) is 48.4 Å². The lowest BCUT2D eigenvalue weighted by Gasteiger charge is -2.11. The van der Waals surface area contributed by atoms with E-state index in [0.717, 1.165) is 24.2 Å². The molecule has 0 saturated carbocycles. The van der Waals surface area contributed by atoms with Crippen molar-refractivity contribution in [2.75, 3.05) is 5.75 Å². The highest BCUT2D eigenvalue weighted by atomic mass is 32.2. The van der Waals surface area contributed by atoms with Crippen LogP contribution in [0.3, 0.4) is 0 Å². The molecule has 1 atom stereocenters. The Morgan fingerprint density at radius 2 is 1.84 bits per heavy atom. The van der Waals surface area contributed by atoms with Crippen LogP contribution in [-0.2, 0) is 6.42 Å². The molecule has 0 radical (unpaired) electrons. The molecule has 0 aliphatic rings. The lowest BCUT2D eigenvalue weighted by Crippen LogP contribution is -2.23. The summed E-state index contributed by atoms with van der Waals surface area (Å²) in [5.41, 5.74) is 7.05. The van der Waals surface area contributed by atoms with Crippen molar-refractivity contribution in [1.29, 1.82) is 0 Å². The Bertz CT molecular complexity index is 501. The zero-order valence-electron chi connectivity index (χ0n) is 10.8. The molecule has 0 aliphatic carbocycles. The fourth-order valence-corrected chi connectivity index (χ4v) is 2.92. The number of hydrogen-bond acceptors (Lipinski definition) is 2. The van der Waals surface area contributed by atoms with Crippen LogP contribution in [0.25, 0.3) is 0 Å². The topological polar surface area (TPSA) is 26.0 Å². The van der Waals surface area contributed by atoms with Gasteiger partial charge < -0.3 is 5.73 Å². The summed E-state index contributed by atoms with van der Waals surface area (Å²) in [5.74, 6) is 0.795. The van der Waals surface area contributed by atoms with E-state index >= 15 is 0 Å². The van der Waals surface area contributed by atoms with Gasteiger partial charge in [0.15, 0.2) is 0 Å².